The highest BCUT2D eigenvalue weighted by Crippen LogP contribution is 2.46. The van der Waals surface area contributed by atoms with Crippen molar-refractivity contribution in [1.82, 2.24) is 0 Å². The van der Waals surface area contributed by atoms with Gasteiger partial charge in [0.1, 0.15) is 5.75 Å². The maximum Gasteiger partial charge on any atom is 0.313 e. The number of ether oxygens (including phenoxy) is 1. The molecule has 0 bridgehead atoms. The highest BCUT2D eigenvalue weighted by molar-refractivity contribution is 6.74. The Bertz CT molecular complexity index is 683. The number of carbonyl (C=O) groups excluding carboxylic acids is 1. The first-order valence-corrected chi connectivity index (χ1v) is 12.7. The SMILES string of the molecule is CCOC(=O)C1CCC(C)(C)c2cc(O[Si](C)(C)C(C)(C)C)c(C)cc21. The Morgan fingerprint density at radius 1 is 1.27 bits per heavy atom. The van der Waals surface area contributed by atoms with Gasteiger partial charge in [0.25, 0.3) is 0 Å². The standard InChI is InChI=1S/C22H36O3Si/c1-10-24-20(23)16-11-12-22(6,7)18-14-19(15(2)13-17(16)18)25-26(8,9)21(3,4)5/h13-14,16H,10-12H2,1-9H3. The maximum absolute atomic E-state index is 12.5. The van der Waals surface area contributed by atoms with Gasteiger partial charge in [-0.25, -0.2) is 0 Å². The molecule has 26 heavy (non-hydrogen) atoms. The molecule has 0 aromatic heterocycles. The monoisotopic (exact) mass is 376 g/mol. The zero-order chi connectivity index (χ0) is 19.9. The van der Waals surface area contributed by atoms with Crippen LogP contribution in [0, 0.1) is 6.92 Å². The van der Waals surface area contributed by atoms with Crippen LogP contribution in [0.25, 0.3) is 0 Å². The summed E-state index contributed by atoms with van der Waals surface area (Å²) >= 11 is 0. The first-order valence-electron chi connectivity index (χ1n) is 9.81. The molecule has 1 aromatic carbocycles. The fourth-order valence-electron chi connectivity index (χ4n) is 3.41. The first kappa shape index (κ1) is 21.0. The molecule has 1 unspecified atom stereocenters. The minimum Gasteiger partial charge on any atom is -0.543 e. The van der Waals surface area contributed by atoms with Gasteiger partial charge in [-0.05, 0) is 73.0 Å². The zero-order valence-corrected chi connectivity index (χ0v) is 19.1. The van der Waals surface area contributed by atoms with Crippen molar-refractivity contribution in [2.75, 3.05) is 6.61 Å². The molecule has 2 rings (SSSR count). The average Bonchev–Trinajstić information content (AvgIpc) is 2.47. The van der Waals surface area contributed by atoms with E-state index < -0.39 is 8.32 Å². The Morgan fingerprint density at radius 2 is 1.88 bits per heavy atom. The summed E-state index contributed by atoms with van der Waals surface area (Å²) < 4.78 is 12.0. The van der Waals surface area contributed by atoms with E-state index in [1.165, 1.54) is 5.56 Å². The molecule has 146 valence electrons. The smallest absolute Gasteiger partial charge is 0.313 e. The molecule has 1 aromatic rings. The molecule has 4 heteroatoms. The summed E-state index contributed by atoms with van der Waals surface area (Å²) in [6.45, 7) is 20.2. The van der Waals surface area contributed by atoms with Crippen LogP contribution in [0.2, 0.25) is 18.1 Å². The predicted molar refractivity (Wildman–Crippen MR) is 111 cm³/mol. The van der Waals surface area contributed by atoms with E-state index in [-0.39, 0.29) is 22.3 Å². The topological polar surface area (TPSA) is 35.5 Å². The number of esters is 1. The minimum absolute atomic E-state index is 0.0393. The van der Waals surface area contributed by atoms with E-state index in [2.05, 4.69) is 66.8 Å². The van der Waals surface area contributed by atoms with Gasteiger partial charge >= 0.3 is 5.97 Å². The Labute approximate surface area is 160 Å². The normalized spacial score (nSPS) is 19.7. The van der Waals surface area contributed by atoms with Gasteiger partial charge in [0, 0.05) is 0 Å². The summed E-state index contributed by atoms with van der Waals surface area (Å²) in [5.74, 6) is 0.730. The second-order valence-corrected chi connectivity index (χ2v) is 14.5. The van der Waals surface area contributed by atoms with E-state index in [9.17, 15) is 4.79 Å². The molecule has 0 N–H and O–H groups in total. The van der Waals surface area contributed by atoms with E-state index in [4.69, 9.17) is 9.16 Å². The van der Waals surface area contributed by atoms with Crippen molar-refractivity contribution < 1.29 is 14.0 Å². The molecule has 0 fully saturated rings. The molecule has 3 nitrogen and oxygen atoms in total. The van der Waals surface area contributed by atoms with Crippen LogP contribution in [0.15, 0.2) is 12.1 Å². The van der Waals surface area contributed by atoms with E-state index in [1.807, 2.05) is 6.92 Å². The average molecular weight is 377 g/mol. The Hall–Kier alpha value is -1.29. The number of hydrogen-bond acceptors (Lipinski definition) is 3. The molecule has 0 amide bonds. The molecule has 0 radical (unpaired) electrons. The van der Waals surface area contributed by atoms with Gasteiger partial charge in [-0.15, -0.1) is 0 Å². The number of fused-ring (bicyclic) bond motifs is 1. The molecular formula is C22H36O3Si. The number of rotatable bonds is 4. The quantitative estimate of drug-likeness (QED) is 0.470. The molecule has 0 heterocycles. The van der Waals surface area contributed by atoms with Crippen molar-refractivity contribution in [3.8, 4) is 5.75 Å². The molecule has 0 saturated carbocycles. The first-order chi connectivity index (χ1) is 11.8. The van der Waals surface area contributed by atoms with Gasteiger partial charge in [-0.3, -0.25) is 4.79 Å². The molecule has 0 saturated heterocycles. The second kappa shape index (κ2) is 7.03. The van der Waals surface area contributed by atoms with Crippen molar-refractivity contribution in [2.45, 2.75) is 90.8 Å². The molecule has 0 spiro atoms. The van der Waals surface area contributed by atoms with Crippen molar-refractivity contribution in [1.29, 1.82) is 0 Å². The summed E-state index contributed by atoms with van der Waals surface area (Å²) in [7, 11) is -1.91. The van der Waals surface area contributed by atoms with Gasteiger partial charge in [0.2, 0.25) is 8.32 Å². The predicted octanol–water partition coefficient (Wildman–Crippen LogP) is 6.10. The summed E-state index contributed by atoms with van der Waals surface area (Å²) in [4.78, 5) is 12.5. The molecule has 1 aliphatic carbocycles. The van der Waals surface area contributed by atoms with E-state index >= 15 is 0 Å². The number of hydrogen-bond donors (Lipinski definition) is 0. The van der Waals surface area contributed by atoms with Crippen LogP contribution in [0.5, 0.6) is 5.75 Å². The second-order valence-electron chi connectivity index (χ2n) is 9.79. The van der Waals surface area contributed by atoms with Crippen molar-refractivity contribution >= 4 is 14.3 Å². The zero-order valence-electron chi connectivity index (χ0n) is 18.1. The lowest BCUT2D eigenvalue weighted by Crippen LogP contribution is -2.44. The minimum atomic E-state index is -1.91. The largest absolute Gasteiger partial charge is 0.543 e. The Kier molecular flexibility index (Phi) is 5.68. The molecule has 1 atom stereocenters. The number of carbonyl (C=O) groups is 1. The Balaban J connectivity index is 2.50. The van der Waals surface area contributed by atoms with Gasteiger partial charge in [0.15, 0.2) is 0 Å². The lowest BCUT2D eigenvalue weighted by atomic mass is 9.68. The van der Waals surface area contributed by atoms with Crippen molar-refractivity contribution in [3.63, 3.8) is 0 Å². The van der Waals surface area contributed by atoms with Crippen molar-refractivity contribution in [2.24, 2.45) is 0 Å². The van der Waals surface area contributed by atoms with Gasteiger partial charge < -0.3 is 9.16 Å². The summed E-state index contributed by atoms with van der Waals surface area (Å²) in [5.41, 5.74) is 3.51. The number of benzene rings is 1. The highest BCUT2D eigenvalue weighted by Gasteiger charge is 2.41. The summed E-state index contributed by atoms with van der Waals surface area (Å²) in [6.07, 6.45) is 1.83. The van der Waals surface area contributed by atoms with Gasteiger partial charge in [0.05, 0.1) is 12.5 Å². The lowest BCUT2D eigenvalue weighted by molar-refractivity contribution is -0.145. The lowest BCUT2D eigenvalue weighted by Gasteiger charge is -2.40. The van der Waals surface area contributed by atoms with E-state index in [0.29, 0.717) is 6.61 Å². The Morgan fingerprint density at radius 3 is 2.42 bits per heavy atom. The van der Waals surface area contributed by atoms with Crippen LogP contribution in [0.4, 0.5) is 0 Å². The maximum atomic E-state index is 12.5. The van der Waals surface area contributed by atoms with Gasteiger partial charge in [-0.1, -0.05) is 40.7 Å². The summed E-state index contributed by atoms with van der Waals surface area (Å²) in [6, 6.07) is 4.37. The summed E-state index contributed by atoms with van der Waals surface area (Å²) in [5, 5.41) is 0.151. The van der Waals surface area contributed by atoms with E-state index in [1.54, 1.807) is 0 Å². The third-order valence-electron chi connectivity index (χ3n) is 6.25. The van der Waals surface area contributed by atoms with Crippen LogP contribution in [-0.2, 0) is 14.9 Å². The molecule has 0 aliphatic heterocycles. The van der Waals surface area contributed by atoms with E-state index in [0.717, 1.165) is 29.7 Å². The van der Waals surface area contributed by atoms with Gasteiger partial charge in [-0.2, -0.15) is 0 Å². The van der Waals surface area contributed by atoms with Crippen LogP contribution < -0.4 is 4.43 Å². The van der Waals surface area contributed by atoms with Crippen LogP contribution in [0.3, 0.4) is 0 Å². The third-order valence-corrected chi connectivity index (χ3v) is 10.6. The van der Waals surface area contributed by atoms with Crippen LogP contribution in [-0.4, -0.2) is 20.9 Å². The molecular weight excluding hydrogens is 340 g/mol. The molecule has 1 aliphatic rings. The highest BCUT2D eigenvalue weighted by atomic mass is 28.4. The van der Waals surface area contributed by atoms with Crippen LogP contribution >= 0.6 is 0 Å². The number of aryl methyl sites for hydroxylation is 1. The van der Waals surface area contributed by atoms with Crippen LogP contribution in [0.1, 0.15) is 77.0 Å². The fraction of sp³-hybridized carbons (Fsp3) is 0.682. The van der Waals surface area contributed by atoms with Crippen molar-refractivity contribution in [3.05, 3.63) is 28.8 Å². The third kappa shape index (κ3) is 4.00. The fourth-order valence-corrected chi connectivity index (χ4v) is 4.48.